The molecule has 0 aromatic carbocycles. The maximum atomic E-state index is 13.7. The van der Waals surface area contributed by atoms with Crippen LogP contribution in [-0.4, -0.2) is 85.9 Å². The summed E-state index contributed by atoms with van der Waals surface area (Å²) in [6.45, 7) is 6.10. The number of nitrogens with one attached hydrogen (secondary N) is 2. The molecule has 1 saturated heterocycles. The van der Waals surface area contributed by atoms with Crippen molar-refractivity contribution < 1.29 is 22.7 Å². The number of carbonyl (C=O) groups is 1. The number of H-pyrrole nitrogens is 1. The summed E-state index contributed by atoms with van der Waals surface area (Å²) >= 11 is 0. The summed E-state index contributed by atoms with van der Waals surface area (Å²) < 4.78 is 48.0. The minimum absolute atomic E-state index is 0.0502. The van der Waals surface area contributed by atoms with Gasteiger partial charge in [-0.1, -0.05) is 0 Å². The van der Waals surface area contributed by atoms with E-state index < -0.39 is 12.7 Å². The van der Waals surface area contributed by atoms with Gasteiger partial charge in [-0.15, -0.1) is 0 Å². The quantitative estimate of drug-likeness (QED) is 0.320. The van der Waals surface area contributed by atoms with Crippen molar-refractivity contribution in [2.45, 2.75) is 39.5 Å². The van der Waals surface area contributed by atoms with Gasteiger partial charge in [-0.3, -0.25) is 19.4 Å². The summed E-state index contributed by atoms with van der Waals surface area (Å²) in [7, 11) is 3.25. The van der Waals surface area contributed by atoms with E-state index in [-0.39, 0.29) is 37.1 Å². The van der Waals surface area contributed by atoms with Gasteiger partial charge in [0.2, 0.25) is 0 Å². The molecule has 4 aromatic rings. The molecule has 5 rings (SSSR count). The van der Waals surface area contributed by atoms with Crippen molar-refractivity contribution in [1.29, 1.82) is 0 Å². The highest BCUT2D eigenvalue weighted by Crippen LogP contribution is 2.33. The zero-order valence-electron chi connectivity index (χ0n) is 24.7. The fourth-order valence-electron chi connectivity index (χ4n) is 5.88. The molecule has 1 atom stereocenters. The molecule has 1 amide bonds. The van der Waals surface area contributed by atoms with Gasteiger partial charge >= 0.3 is 6.18 Å². The minimum Gasteiger partial charge on any atom is -0.496 e. The van der Waals surface area contributed by atoms with Crippen LogP contribution in [0, 0.1) is 13.8 Å². The molecule has 1 unspecified atom stereocenters. The fourth-order valence-corrected chi connectivity index (χ4v) is 5.88. The Hall–Kier alpha value is -4.17. The Morgan fingerprint density at radius 3 is 2.53 bits per heavy atom. The number of halogens is 3. The molecule has 1 aliphatic rings. The first-order valence-corrected chi connectivity index (χ1v) is 13.9. The van der Waals surface area contributed by atoms with E-state index in [1.807, 2.05) is 30.5 Å². The SMILES string of the molecule is COc1cc(C)[nH]c(=O)c1CNC(=O)c1cc2c(-c3ncnn3C)ccn2c(C(C)N2CCN(CC(F)(F)F)CC2)c1C. The van der Waals surface area contributed by atoms with Crippen molar-refractivity contribution in [2.75, 3.05) is 39.8 Å². The number of fused-ring (bicyclic) bond motifs is 1. The highest BCUT2D eigenvalue weighted by Gasteiger charge is 2.34. The van der Waals surface area contributed by atoms with Gasteiger partial charge < -0.3 is 19.4 Å². The molecular weight excluding hydrogens is 565 g/mol. The van der Waals surface area contributed by atoms with Crippen LogP contribution in [0.25, 0.3) is 16.9 Å². The van der Waals surface area contributed by atoms with E-state index in [9.17, 15) is 22.8 Å². The average molecular weight is 601 g/mol. The molecular formula is C29H35F3N8O3. The lowest BCUT2D eigenvalue weighted by Gasteiger charge is -2.39. The van der Waals surface area contributed by atoms with E-state index in [4.69, 9.17) is 4.74 Å². The van der Waals surface area contributed by atoms with Gasteiger partial charge in [-0.25, -0.2) is 9.67 Å². The number of nitrogens with zero attached hydrogens (tertiary/aromatic N) is 6. The van der Waals surface area contributed by atoms with Crippen molar-refractivity contribution in [2.24, 2.45) is 7.05 Å². The van der Waals surface area contributed by atoms with Crippen LogP contribution in [0.5, 0.6) is 5.75 Å². The highest BCUT2D eigenvalue weighted by molar-refractivity contribution is 5.98. The predicted molar refractivity (Wildman–Crippen MR) is 154 cm³/mol. The molecule has 4 aromatic heterocycles. The minimum atomic E-state index is -4.24. The lowest BCUT2D eigenvalue weighted by Crippen LogP contribution is -2.49. The third-order valence-corrected chi connectivity index (χ3v) is 8.08. The van der Waals surface area contributed by atoms with Gasteiger partial charge in [-0.2, -0.15) is 18.3 Å². The van der Waals surface area contributed by atoms with E-state index in [1.165, 1.54) is 18.3 Å². The molecule has 0 radical (unpaired) electrons. The maximum Gasteiger partial charge on any atom is 0.401 e. The second kappa shape index (κ2) is 11.8. The molecule has 1 fully saturated rings. The number of alkyl halides is 3. The van der Waals surface area contributed by atoms with Crippen LogP contribution in [0.4, 0.5) is 13.2 Å². The van der Waals surface area contributed by atoms with Gasteiger partial charge in [0, 0.05) is 68.0 Å². The van der Waals surface area contributed by atoms with Crippen LogP contribution in [-0.2, 0) is 13.6 Å². The third-order valence-electron chi connectivity index (χ3n) is 8.08. The highest BCUT2D eigenvalue weighted by atomic mass is 19.4. The summed E-state index contributed by atoms with van der Waals surface area (Å²) in [5.74, 6) is 0.618. The van der Waals surface area contributed by atoms with Gasteiger partial charge in [0.25, 0.3) is 11.5 Å². The zero-order chi connectivity index (χ0) is 31.1. The average Bonchev–Trinajstić information content (AvgIpc) is 3.56. The van der Waals surface area contributed by atoms with Gasteiger partial charge in [0.05, 0.1) is 31.3 Å². The molecule has 0 spiro atoms. The first-order valence-electron chi connectivity index (χ1n) is 13.9. The Kier molecular flexibility index (Phi) is 8.34. The summed E-state index contributed by atoms with van der Waals surface area (Å²) in [5.41, 5.74) is 4.07. The molecule has 2 N–H and O–H groups in total. The fraction of sp³-hybridized carbons (Fsp3) is 0.448. The molecule has 11 nitrogen and oxygen atoms in total. The number of aromatic amines is 1. The lowest BCUT2D eigenvalue weighted by atomic mass is 9.99. The number of pyridine rings is 2. The number of carbonyl (C=O) groups excluding carboxylic acids is 1. The molecule has 5 heterocycles. The second-order valence-electron chi connectivity index (χ2n) is 10.9. The number of methoxy groups -OCH3 is 1. The largest absolute Gasteiger partial charge is 0.496 e. The smallest absolute Gasteiger partial charge is 0.401 e. The zero-order valence-corrected chi connectivity index (χ0v) is 24.7. The van der Waals surface area contributed by atoms with E-state index in [2.05, 4.69) is 25.3 Å². The van der Waals surface area contributed by atoms with Crippen LogP contribution in [0.2, 0.25) is 0 Å². The Labute approximate surface area is 246 Å². The molecule has 0 saturated carbocycles. The molecule has 14 heteroatoms. The van der Waals surface area contributed by atoms with Crippen molar-refractivity contribution in [3.8, 4) is 17.1 Å². The van der Waals surface area contributed by atoms with Crippen LogP contribution in [0.15, 0.2) is 35.5 Å². The lowest BCUT2D eigenvalue weighted by molar-refractivity contribution is -0.149. The predicted octanol–water partition coefficient (Wildman–Crippen LogP) is 3.22. The maximum absolute atomic E-state index is 13.7. The second-order valence-corrected chi connectivity index (χ2v) is 10.9. The third kappa shape index (κ3) is 6.15. The first-order chi connectivity index (χ1) is 20.4. The molecule has 0 aliphatic carbocycles. The topological polar surface area (TPSA) is 113 Å². The van der Waals surface area contributed by atoms with Crippen molar-refractivity contribution in [3.05, 3.63) is 69.2 Å². The summed E-state index contributed by atoms with van der Waals surface area (Å²) in [6, 6.07) is 5.18. The summed E-state index contributed by atoms with van der Waals surface area (Å²) in [4.78, 5) is 37.0. The number of hydrogen-bond acceptors (Lipinski definition) is 7. The number of amides is 1. The molecule has 1 aliphatic heterocycles. The Morgan fingerprint density at radius 1 is 1.19 bits per heavy atom. The van der Waals surface area contributed by atoms with Gasteiger partial charge in [-0.05, 0) is 44.5 Å². The van der Waals surface area contributed by atoms with Crippen LogP contribution >= 0.6 is 0 Å². The van der Waals surface area contributed by atoms with E-state index in [1.54, 1.807) is 30.8 Å². The number of aryl methyl sites for hydroxylation is 2. The van der Waals surface area contributed by atoms with Crippen molar-refractivity contribution >= 4 is 11.4 Å². The standard InChI is InChI=1S/C29H35F3N8O3/c1-17-12-24(43-5)22(28(42)36-17)14-33-27(41)21-13-23-20(26-34-16-35-37(26)4)6-7-40(23)25(18(21)2)19(3)39-10-8-38(9-11-39)15-29(30,31)32/h6-7,12-13,16,19H,8-11,14-15H2,1-5H3,(H,33,41)(H,36,42). The number of aromatic nitrogens is 5. The molecule has 230 valence electrons. The monoisotopic (exact) mass is 600 g/mol. The van der Waals surface area contributed by atoms with E-state index in [0.717, 1.165) is 22.3 Å². The summed E-state index contributed by atoms with van der Waals surface area (Å²) in [5, 5.41) is 7.07. The van der Waals surface area contributed by atoms with Crippen LogP contribution in [0.3, 0.4) is 0 Å². The number of hydrogen-bond donors (Lipinski definition) is 2. The number of rotatable bonds is 8. The van der Waals surface area contributed by atoms with Crippen molar-refractivity contribution in [1.82, 2.24) is 39.3 Å². The Balaban J connectivity index is 1.52. The van der Waals surface area contributed by atoms with Gasteiger partial charge in [0.15, 0.2) is 5.82 Å². The molecule has 0 bridgehead atoms. The van der Waals surface area contributed by atoms with E-state index in [0.29, 0.717) is 41.5 Å². The van der Waals surface area contributed by atoms with Crippen molar-refractivity contribution in [3.63, 3.8) is 0 Å². The Morgan fingerprint density at radius 2 is 1.91 bits per heavy atom. The van der Waals surface area contributed by atoms with E-state index >= 15 is 0 Å². The Bertz CT molecular complexity index is 1700. The normalized spacial score (nSPS) is 15.6. The molecule has 43 heavy (non-hydrogen) atoms. The van der Waals surface area contributed by atoms with Crippen LogP contribution < -0.4 is 15.6 Å². The van der Waals surface area contributed by atoms with Crippen LogP contribution in [0.1, 0.15) is 45.8 Å². The number of ether oxygens (including phenoxy) is 1. The van der Waals surface area contributed by atoms with Gasteiger partial charge in [0.1, 0.15) is 12.1 Å². The number of piperazine rings is 1. The first kappa shape index (κ1) is 30.3. The summed E-state index contributed by atoms with van der Waals surface area (Å²) in [6.07, 6.45) is -0.874.